The van der Waals surface area contributed by atoms with Crippen molar-refractivity contribution in [2.24, 2.45) is 0 Å². The lowest BCUT2D eigenvalue weighted by Crippen LogP contribution is -2.47. The highest BCUT2D eigenvalue weighted by Crippen LogP contribution is 2.61. The monoisotopic (exact) mass is 630 g/mol. The number of benzene rings is 2. The molecular weight excluding hydrogens is 606 g/mol. The number of methoxy groups -OCH3 is 1. The van der Waals surface area contributed by atoms with Crippen LogP contribution in [-0.2, 0) is 29.9 Å². The van der Waals surface area contributed by atoms with Gasteiger partial charge in [0, 0.05) is 29.5 Å². The van der Waals surface area contributed by atoms with E-state index in [1.807, 2.05) is 0 Å². The lowest BCUT2D eigenvalue weighted by Gasteiger charge is -2.37. The van der Waals surface area contributed by atoms with Crippen LogP contribution in [-0.4, -0.2) is 88.0 Å². The number of rotatable bonds is 8. The van der Waals surface area contributed by atoms with Gasteiger partial charge in [-0.15, -0.1) is 0 Å². The van der Waals surface area contributed by atoms with Crippen LogP contribution in [0.4, 0.5) is 0 Å². The van der Waals surface area contributed by atoms with Gasteiger partial charge in [0.15, 0.2) is 17.8 Å². The number of aliphatic hydroxyl groups is 2. The molecule has 2 aliphatic carbocycles. The van der Waals surface area contributed by atoms with Crippen molar-refractivity contribution in [3.8, 4) is 17.2 Å². The summed E-state index contributed by atoms with van der Waals surface area (Å²) in [4.78, 5) is 88.1. The Bertz CT molecular complexity index is 1610. The second-order valence-electron chi connectivity index (χ2n) is 9.76. The average Bonchev–Trinajstić information content (AvgIpc) is 2.88. The van der Waals surface area contributed by atoms with Crippen molar-refractivity contribution in [3.05, 3.63) is 51.6 Å². The number of hydrogen-bond acceptors (Lipinski definition) is 12. The Labute approximate surface area is 235 Å². The first kappa shape index (κ1) is 31.5. The van der Waals surface area contributed by atoms with E-state index in [0.717, 1.165) is 0 Å². The molecule has 0 aliphatic heterocycles. The minimum Gasteiger partial charge on any atom is -0.507 e. The molecule has 18 heteroatoms. The quantitative estimate of drug-likeness (QED) is 0.0906. The summed E-state index contributed by atoms with van der Waals surface area (Å²) in [5.41, 5.74) is -5.12. The first-order valence-corrected chi connectivity index (χ1v) is 15.3. The zero-order valence-corrected chi connectivity index (χ0v) is 23.2. The van der Waals surface area contributed by atoms with E-state index in [1.165, 1.54) is 25.3 Å². The number of phenols is 2. The molecule has 0 amide bonds. The van der Waals surface area contributed by atoms with Crippen molar-refractivity contribution < 1.29 is 77.8 Å². The summed E-state index contributed by atoms with van der Waals surface area (Å²) < 4.78 is 32.5. The summed E-state index contributed by atoms with van der Waals surface area (Å²) >= 11 is 0. The summed E-state index contributed by atoms with van der Waals surface area (Å²) in [6, 6.07) is 4.09. The standard InChI is InChI=1S/C24H24O16P2/c1-39-12-4-2-3-9-17(12)23(31)19-18(20(9)28)21(29)10-6-24(32,7-11(25)16(10)22(19)30)13(26)8-40-14(27)5-15(41(33,34)35)42(36,37)38/h2-4,11,15,25,29-30,32H,5-8H2,1H3,(H2,33,34,35)(H2,36,37,38). The van der Waals surface area contributed by atoms with Crippen molar-refractivity contribution >= 4 is 38.5 Å². The fourth-order valence-corrected chi connectivity index (χ4v) is 7.42. The largest absolute Gasteiger partial charge is 0.507 e. The maximum atomic E-state index is 13.3. The topological polar surface area (TPSA) is 283 Å². The molecule has 0 fully saturated rings. The van der Waals surface area contributed by atoms with Gasteiger partial charge in [-0.1, -0.05) is 12.1 Å². The van der Waals surface area contributed by atoms with E-state index >= 15 is 0 Å². The minimum absolute atomic E-state index is 0.0103. The molecule has 226 valence electrons. The van der Waals surface area contributed by atoms with Gasteiger partial charge in [0.05, 0.1) is 36.3 Å². The Morgan fingerprint density at radius 2 is 1.60 bits per heavy atom. The normalized spacial score (nSPS) is 20.0. The number of carbonyl (C=O) groups excluding carboxylic acids is 4. The Balaban J connectivity index is 1.65. The van der Waals surface area contributed by atoms with Crippen molar-refractivity contribution in [1.29, 1.82) is 0 Å². The molecule has 2 atom stereocenters. The molecule has 0 heterocycles. The van der Waals surface area contributed by atoms with Gasteiger partial charge in [0.1, 0.15) is 22.8 Å². The molecule has 0 bridgehead atoms. The zero-order chi connectivity index (χ0) is 31.5. The fourth-order valence-electron chi connectivity index (χ4n) is 5.08. The summed E-state index contributed by atoms with van der Waals surface area (Å²) in [7, 11) is -9.71. The predicted molar refractivity (Wildman–Crippen MR) is 136 cm³/mol. The average molecular weight is 630 g/mol. The SMILES string of the molecule is COc1cccc2c1C(=O)c1c(O)c3c(c(O)c1C2=O)CC(O)(C(=O)COC(=O)CC(P(=O)(O)O)P(=O)(O)O)CC3O. The van der Waals surface area contributed by atoms with E-state index in [9.17, 15) is 48.7 Å². The van der Waals surface area contributed by atoms with Crippen LogP contribution < -0.4 is 4.74 Å². The number of aliphatic hydroxyl groups excluding tert-OH is 1. The molecule has 42 heavy (non-hydrogen) atoms. The van der Waals surface area contributed by atoms with Crippen LogP contribution in [0.5, 0.6) is 17.2 Å². The third-order valence-electron chi connectivity index (χ3n) is 7.10. The maximum absolute atomic E-state index is 13.3. The Morgan fingerprint density at radius 1 is 1.00 bits per heavy atom. The van der Waals surface area contributed by atoms with Gasteiger partial charge in [-0.05, 0) is 6.07 Å². The van der Waals surface area contributed by atoms with Gasteiger partial charge >= 0.3 is 21.2 Å². The smallest absolute Gasteiger partial charge is 0.341 e. The summed E-state index contributed by atoms with van der Waals surface area (Å²) in [5, 5.41) is 41.2. The number of phenolic OH excluding ortho intramolecular Hbond substituents is 2. The molecule has 0 spiro atoms. The second-order valence-corrected chi connectivity index (χ2v) is 13.8. The highest BCUT2D eigenvalue weighted by atomic mass is 31.2. The first-order chi connectivity index (χ1) is 19.3. The van der Waals surface area contributed by atoms with E-state index in [1.54, 1.807) is 0 Å². The lowest BCUT2D eigenvalue weighted by molar-refractivity contribution is -0.156. The van der Waals surface area contributed by atoms with E-state index in [4.69, 9.17) is 24.3 Å². The van der Waals surface area contributed by atoms with Crippen LogP contribution in [0.2, 0.25) is 0 Å². The van der Waals surface area contributed by atoms with Gasteiger partial charge in [0.2, 0.25) is 11.6 Å². The summed E-state index contributed by atoms with van der Waals surface area (Å²) in [6.07, 6.45) is -5.07. The molecule has 4 rings (SSSR count). The highest BCUT2D eigenvalue weighted by molar-refractivity contribution is 7.70. The lowest BCUT2D eigenvalue weighted by atomic mass is 9.72. The molecule has 2 aromatic rings. The van der Waals surface area contributed by atoms with E-state index < -0.39 is 115 Å². The van der Waals surface area contributed by atoms with E-state index in [0.29, 0.717) is 0 Å². The number of Topliss-reactive ketones (excluding diaryl/α,β-unsaturated/α-hetero) is 1. The number of hydrogen-bond donors (Lipinski definition) is 8. The van der Waals surface area contributed by atoms with Crippen molar-refractivity contribution in [2.45, 2.75) is 36.4 Å². The number of aromatic hydroxyl groups is 2. The molecule has 0 saturated heterocycles. The van der Waals surface area contributed by atoms with Crippen LogP contribution in [0.15, 0.2) is 18.2 Å². The summed E-state index contributed by atoms with van der Waals surface area (Å²) in [6.45, 7) is -1.28. The molecule has 16 nitrogen and oxygen atoms in total. The third-order valence-corrected chi connectivity index (χ3v) is 10.8. The fraction of sp³-hybridized carbons (Fsp3) is 0.333. The molecule has 8 N–H and O–H groups in total. The Morgan fingerprint density at radius 3 is 2.17 bits per heavy atom. The molecule has 2 aliphatic rings. The van der Waals surface area contributed by atoms with Crippen molar-refractivity contribution in [2.75, 3.05) is 13.7 Å². The maximum Gasteiger partial charge on any atom is 0.341 e. The molecule has 0 radical (unpaired) electrons. The van der Waals surface area contributed by atoms with E-state index in [2.05, 4.69) is 4.74 Å². The molecular formula is C24H24O16P2. The number of ether oxygens (including phenoxy) is 2. The molecule has 0 aromatic heterocycles. The zero-order valence-electron chi connectivity index (χ0n) is 21.5. The highest BCUT2D eigenvalue weighted by Gasteiger charge is 2.49. The van der Waals surface area contributed by atoms with Gasteiger partial charge in [-0.25, -0.2) is 0 Å². The Kier molecular flexibility index (Phi) is 8.00. The van der Waals surface area contributed by atoms with Crippen LogP contribution in [0.3, 0.4) is 0 Å². The summed E-state index contributed by atoms with van der Waals surface area (Å²) in [5.74, 6) is -6.47. The van der Waals surface area contributed by atoms with Crippen LogP contribution in [0, 0.1) is 0 Å². The van der Waals surface area contributed by atoms with E-state index in [-0.39, 0.29) is 16.9 Å². The van der Waals surface area contributed by atoms with Crippen LogP contribution in [0.25, 0.3) is 0 Å². The third kappa shape index (κ3) is 5.27. The van der Waals surface area contributed by atoms with Crippen molar-refractivity contribution in [1.82, 2.24) is 0 Å². The van der Waals surface area contributed by atoms with Crippen LogP contribution in [0.1, 0.15) is 61.9 Å². The van der Waals surface area contributed by atoms with Crippen molar-refractivity contribution in [3.63, 3.8) is 0 Å². The second kappa shape index (κ2) is 10.7. The number of fused-ring (bicyclic) bond motifs is 3. The Hall–Kier alpha value is -3.46. The number of carbonyl (C=O) groups is 4. The molecule has 2 unspecified atom stereocenters. The van der Waals surface area contributed by atoms with Gasteiger partial charge in [-0.2, -0.15) is 0 Å². The van der Waals surface area contributed by atoms with Crippen LogP contribution >= 0.6 is 15.2 Å². The van der Waals surface area contributed by atoms with Gasteiger partial charge in [0.25, 0.3) is 0 Å². The molecule has 2 aromatic carbocycles. The predicted octanol–water partition coefficient (Wildman–Crippen LogP) is -0.224. The number of ketones is 3. The number of esters is 1. The van der Waals surface area contributed by atoms with Gasteiger partial charge in [-0.3, -0.25) is 28.3 Å². The minimum atomic E-state index is -5.48. The molecule has 0 saturated carbocycles. The van der Waals surface area contributed by atoms with Gasteiger partial charge < -0.3 is 49.5 Å². The first-order valence-electron chi connectivity index (χ1n) is 11.9.